The number of rotatable bonds is 11. The molecule has 0 saturated heterocycles. The Bertz CT molecular complexity index is 773. The molecule has 160 valence electrons. The number of fused-ring (bicyclic) bond motifs is 1. The smallest absolute Gasteiger partial charge is 0.339 e. The van der Waals surface area contributed by atoms with Crippen LogP contribution in [0.15, 0.2) is 0 Å². The Kier molecular flexibility index (Phi) is 9.16. The maximum Gasteiger partial charge on any atom is 0.339 e. The first-order valence-corrected chi connectivity index (χ1v) is 11.8. The standard InChI is InChI=1S/C20H27NO6S2/c1-4-26-20(25)18-14-6-5-7-16(14)29-17(18)10-13(23)11-27-19(24)15(8-9-28-3)21-12(2)22/h15H,4-11H2,1-3H3,(H,21,22). The molecule has 0 bridgehead atoms. The van der Waals surface area contributed by atoms with Crippen LogP contribution in [0.5, 0.6) is 0 Å². The summed E-state index contributed by atoms with van der Waals surface area (Å²) in [5, 5.41) is 2.55. The number of hydrogen-bond acceptors (Lipinski definition) is 8. The van der Waals surface area contributed by atoms with Crippen molar-refractivity contribution >= 4 is 46.7 Å². The molecule has 0 aliphatic heterocycles. The Morgan fingerprint density at radius 1 is 1.21 bits per heavy atom. The predicted octanol–water partition coefficient (Wildman–Crippen LogP) is 2.33. The average molecular weight is 442 g/mol. The fraction of sp³-hybridized carbons (Fsp3) is 0.600. The normalized spacial score (nSPS) is 13.5. The van der Waals surface area contributed by atoms with Crippen LogP contribution in [0.4, 0.5) is 0 Å². The number of Topliss-reactive ketones (excluding diaryl/α,β-unsaturated/α-hetero) is 1. The van der Waals surface area contributed by atoms with Crippen LogP contribution in [0.25, 0.3) is 0 Å². The minimum atomic E-state index is -0.770. The largest absolute Gasteiger partial charge is 0.462 e. The van der Waals surface area contributed by atoms with E-state index in [0.29, 0.717) is 22.6 Å². The average Bonchev–Trinajstić information content (AvgIpc) is 3.23. The van der Waals surface area contributed by atoms with Crippen LogP contribution in [0.2, 0.25) is 0 Å². The zero-order valence-corrected chi connectivity index (χ0v) is 18.6. The summed E-state index contributed by atoms with van der Waals surface area (Å²) in [7, 11) is 0. The van der Waals surface area contributed by atoms with Crippen molar-refractivity contribution in [2.75, 3.05) is 25.2 Å². The third-order valence-electron chi connectivity index (χ3n) is 4.48. The summed E-state index contributed by atoms with van der Waals surface area (Å²) in [5.74, 6) is -0.962. The van der Waals surface area contributed by atoms with Gasteiger partial charge in [0.15, 0.2) is 5.78 Å². The first-order valence-electron chi connectivity index (χ1n) is 9.62. The highest BCUT2D eigenvalue weighted by Gasteiger charge is 2.28. The van der Waals surface area contributed by atoms with Gasteiger partial charge in [0.2, 0.25) is 5.91 Å². The van der Waals surface area contributed by atoms with Crippen LogP contribution in [-0.4, -0.2) is 54.9 Å². The quantitative estimate of drug-likeness (QED) is 0.526. The van der Waals surface area contributed by atoms with E-state index in [-0.39, 0.29) is 31.3 Å². The Labute approximate surface area is 178 Å². The third-order valence-corrected chi connectivity index (χ3v) is 6.42. The van der Waals surface area contributed by atoms with E-state index in [1.54, 1.807) is 18.7 Å². The minimum absolute atomic E-state index is 0.0225. The lowest BCUT2D eigenvalue weighted by Gasteiger charge is -2.16. The zero-order valence-electron chi connectivity index (χ0n) is 17.0. The first-order chi connectivity index (χ1) is 13.9. The number of carbonyl (C=O) groups excluding carboxylic acids is 4. The van der Waals surface area contributed by atoms with Gasteiger partial charge in [0.1, 0.15) is 12.6 Å². The summed E-state index contributed by atoms with van der Waals surface area (Å²) < 4.78 is 10.3. The van der Waals surface area contributed by atoms with Crippen molar-refractivity contribution in [2.45, 2.75) is 52.0 Å². The van der Waals surface area contributed by atoms with Crippen molar-refractivity contribution in [3.8, 4) is 0 Å². The maximum absolute atomic E-state index is 12.4. The van der Waals surface area contributed by atoms with Gasteiger partial charge in [0.25, 0.3) is 0 Å². The molecule has 1 unspecified atom stereocenters. The fourth-order valence-corrected chi connectivity index (χ4v) is 5.12. The monoisotopic (exact) mass is 441 g/mol. The third kappa shape index (κ3) is 6.57. The number of esters is 2. The number of amides is 1. The summed E-state index contributed by atoms with van der Waals surface area (Å²) >= 11 is 3.02. The molecule has 1 amide bonds. The van der Waals surface area contributed by atoms with Gasteiger partial charge < -0.3 is 14.8 Å². The summed E-state index contributed by atoms with van der Waals surface area (Å²) in [5.41, 5.74) is 1.51. The summed E-state index contributed by atoms with van der Waals surface area (Å²) in [6.45, 7) is 2.96. The Hall–Kier alpha value is -1.87. The highest BCUT2D eigenvalue weighted by atomic mass is 32.2. The number of hydrogen-bond donors (Lipinski definition) is 1. The molecule has 1 aromatic heterocycles. The predicted molar refractivity (Wildman–Crippen MR) is 113 cm³/mol. The van der Waals surface area contributed by atoms with Crippen LogP contribution >= 0.6 is 23.1 Å². The molecule has 1 aromatic rings. The van der Waals surface area contributed by atoms with Gasteiger partial charge in [0.05, 0.1) is 12.2 Å². The number of ether oxygens (including phenoxy) is 2. The van der Waals surface area contributed by atoms with Gasteiger partial charge in [-0.15, -0.1) is 11.3 Å². The van der Waals surface area contributed by atoms with Gasteiger partial charge in [-0.05, 0) is 50.2 Å². The van der Waals surface area contributed by atoms with E-state index >= 15 is 0 Å². The Balaban J connectivity index is 1.99. The fourth-order valence-electron chi connectivity index (χ4n) is 3.24. The van der Waals surface area contributed by atoms with Gasteiger partial charge in [-0.1, -0.05) is 0 Å². The molecule has 0 saturated carbocycles. The van der Waals surface area contributed by atoms with Crippen molar-refractivity contribution in [1.82, 2.24) is 5.32 Å². The van der Waals surface area contributed by atoms with E-state index < -0.39 is 18.0 Å². The van der Waals surface area contributed by atoms with Gasteiger partial charge >= 0.3 is 11.9 Å². The van der Waals surface area contributed by atoms with E-state index in [4.69, 9.17) is 9.47 Å². The molecular formula is C20H27NO6S2. The van der Waals surface area contributed by atoms with E-state index in [1.165, 1.54) is 18.3 Å². The number of ketones is 1. The van der Waals surface area contributed by atoms with Crippen molar-refractivity contribution in [1.29, 1.82) is 0 Å². The van der Waals surface area contributed by atoms with Gasteiger partial charge in [-0.3, -0.25) is 9.59 Å². The van der Waals surface area contributed by atoms with Crippen molar-refractivity contribution in [3.05, 3.63) is 20.9 Å². The second kappa shape index (κ2) is 11.3. The van der Waals surface area contributed by atoms with Gasteiger partial charge in [-0.2, -0.15) is 11.8 Å². The molecule has 7 nitrogen and oxygen atoms in total. The first kappa shape index (κ1) is 23.4. The van der Waals surface area contributed by atoms with Crippen molar-refractivity contribution in [3.63, 3.8) is 0 Å². The summed E-state index contributed by atoms with van der Waals surface area (Å²) in [4.78, 5) is 50.1. The molecule has 1 N–H and O–H groups in total. The lowest BCUT2D eigenvalue weighted by atomic mass is 10.1. The second-order valence-electron chi connectivity index (χ2n) is 6.73. The number of aryl methyl sites for hydroxylation is 1. The Morgan fingerprint density at radius 2 is 1.97 bits per heavy atom. The molecule has 1 aliphatic rings. The number of carbonyl (C=O) groups is 4. The van der Waals surface area contributed by atoms with E-state index in [2.05, 4.69) is 5.32 Å². The van der Waals surface area contributed by atoms with Crippen LogP contribution in [0.3, 0.4) is 0 Å². The second-order valence-corrected chi connectivity index (χ2v) is 8.91. The van der Waals surface area contributed by atoms with Crippen molar-refractivity contribution < 1.29 is 28.7 Å². The maximum atomic E-state index is 12.4. The van der Waals surface area contributed by atoms with E-state index in [9.17, 15) is 19.2 Å². The molecule has 9 heteroatoms. The van der Waals surface area contributed by atoms with Gasteiger partial charge in [-0.25, -0.2) is 9.59 Å². The lowest BCUT2D eigenvalue weighted by Crippen LogP contribution is -2.41. The number of thiophene rings is 1. The molecule has 0 fully saturated rings. The Morgan fingerprint density at radius 3 is 2.62 bits per heavy atom. The molecule has 0 spiro atoms. The topological polar surface area (TPSA) is 98.8 Å². The molecule has 2 rings (SSSR count). The summed E-state index contributed by atoms with van der Waals surface area (Å²) in [6.07, 6.45) is 5.08. The molecule has 0 radical (unpaired) electrons. The van der Waals surface area contributed by atoms with E-state index in [0.717, 1.165) is 29.7 Å². The number of nitrogens with one attached hydrogen (secondary N) is 1. The van der Waals surface area contributed by atoms with Crippen molar-refractivity contribution in [2.24, 2.45) is 0 Å². The zero-order chi connectivity index (χ0) is 21.4. The lowest BCUT2D eigenvalue weighted by molar-refractivity contribution is -0.151. The number of thioether (sulfide) groups is 1. The van der Waals surface area contributed by atoms with Crippen LogP contribution < -0.4 is 5.32 Å². The van der Waals surface area contributed by atoms with Crippen LogP contribution in [0, 0.1) is 0 Å². The highest BCUT2D eigenvalue weighted by Crippen LogP contribution is 2.36. The van der Waals surface area contributed by atoms with E-state index in [1.807, 2.05) is 6.26 Å². The molecule has 1 atom stereocenters. The molecule has 0 aromatic carbocycles. The van der Waals surface area contributed by atoms with Crippen LogP contribution in [-0.2, 0) is 43.1 Å². The molecule has 29 heavy (non-hydrogen) atoms. The van der Waals surface area contributed by atoms with Gasteiger partial charge in [0, 0.05) is 23.1 Å². The highest BCUT2D eigenvalue weighted by molar-refractivity contribution is 7.98. The molecule has 1 aliphatic carbocycles. The SMILES string of the molecule is CCOC(=O)c1c(CC(=O)COC(=O)C(CCSC)NC(C)=O)sc2c1CCC2. The minimum Gasteiger partial charge on any atom is -0.462 e. The molecular weight excluding hydrogens is 414 g/mol. The van der Waals surface area contributed by atoms with Crippen LogP contribution in [0.1, 0.15) is 52.4 Å². The summed E-state index contributed by atoms with van der Waals surface area (Å²) in [6, 6.07) is -0.770. The molecule has 1 heterocycles.